The van der Waals surface area contributed by atoms with Crippen LogP contribution in [0.1, 0.15) is 45.6 Å². The van der Waals surface area contributed by atoms with Crippen LogP contribution in [0.4, 0.5) is 0 Å². The second-order valence-electron chi connectivity index (χ2n) is 7.74. The van der Waals surface area contributed by atoms with Gasteiger partial charge in [-0.15, -0.1) is 0 Å². The summed E-state index contributed by atoms with van der Waals surface area (Å²) >= 11 is 5.46. The summed E-state index contributed by atoms with van der Waals surface area (Å²) in [5, 5.41) is 8.39. The van der Waals surface area contributed by atoms with Gasteiger partial charge in [0.1, 0.15) is 0 Å². The first-order chi connectivity index (χ1) is 11.4. The van der Waals surface area contributed by atoms with Crippen LogP contribution >= 0.6 is 12.2 Å². The average molecular weight is 342 g/mol. The highest BCUT2D eigenvalue weighted by atomic mass is 32.1. The third-order valence-electron chi connectivity index (χ3n) is 6.40. The quantitative estimate of drug-likeness (QED) is 0.485. The summed E-state index contributed by atoms with van der Waals surface area (Å²) < 4.78 is 0. The molecule has 0 saturated heterocycles. The molecule has 1 aromatic carbocycles. The molecule has 0 heterocycles. The molecule has 3 rings (SSSR count). The van der Waals surface area contributed by atoms with Crippen LogP contribution in [0.3, 0.4) is 0 Å². The van der Waals surface area contributed by atoms with Gasteiger partial charge in [0.2, 0.25) is 0 Å². The zero-order valence-corrected chi connectivity index (χ0v) is 15.6. The first-order valence-electron chi connectivity index (χ1n) is 8.76. The van der Waals surface area contributed by atoms with Crippen molar-refractivity contribution in [3.8, 4) is 0 Å². The van der Waals surface area contributed by atoms with Crippen molar-refractivity contribution >= 4 is 29.6 Å². The van der Waals surface area contributed by atoms with Gasteiger partial charge in [-0.2, -0.15) is 5.10 Å². The van der Waals surface area contributed by atoms with E-state index in [4.69, 9.17) is 12.2 Å². The van der Waals surface area contributed by atoms with E-state index in [0.29, 0.717) is 11.0 Å². The Labute approximate surface area is 150 Å². The number of thiocarbonyl (C=S) groups is 1. The minimum atomic E-state index is 0.0510. The van der Waals surface area contributed by atoms with Gasteiger partial charge in [-0.3, -0.25) is 5.43 Å². The Morgan fingerprint density at radius 2 is 1.88 bits per heavy atom. The van der Waals surface area contributed by atoms with E-state index in [1.807, 2.05) is 30.4 Å². The number of nitrogens with zero attached hydrogens (tertiary/aromatic N) is 1. The molecule has 1 aromatic rings. The molecule has 2 saturated carbocycles. The van der Waals surface area contributed by atoms with E-state index < -0.39 is 0 Å². The average Bonchev–Trinajstić information content (AvgIpc) is 3.11. The predicted octanol–water partition coefficient (Wildman–Crippen LogP) is 4.36. The second-order valence-corrected chi connectivity index (χ2v) is 8.15. The normalized spacial score (nSPS) is 31.0. The van der Waals surface area contributed by atoms with Crippen molar-refractivity contribution in [1.29, 1.82) is 0 Å². The van der Waals surface area contributed by atoms with Crippen LogP contribution in [-0.2, 0) is 0 Å². The standard InChI is InChI=1S/C20H27N3S/c1-19(2)16-11-12-17(14-16)20(19,3)22-18(24)23-21-13-7-10-15-8-5-4-6-9-15/h4-10,13,16-17H,11-12,14H2,1-3H3,(H2,22,23,24)/b10-7+,21-13-/t16-,17+,20+/m0/s1. The molecule has 3 nitrogen and oxygen atoms in total. The van der Waals surface area contributed by atoms with Crippen molar-refractivity contribution in [3.05, 3.63) is 42.0 Å². The fourth-order valence-corrected chi connectivity index (χ4v) is 4.76. The molecule has 0 unspecified atom stereocenters. The van der Waals surface area contributed by atoms with Crippen molar-refractivity contribution < 1.29 is 0 Å². The Hall–Kier alpha value is -1.68. The third kappa shape index (κ3) is 3.12. The summed E-state index contributed by atoms with van der Waals surface area (Å²) in [6, 6.07) is 10.2. The molecule has 0 spiro atoms. The zero-order valence-electron chi connectivity index (χ0n) is 14.8. The van der Waals surface area contributed by atoms with E-state index in [1.54, 1.807) is 6.21 Å². The summed E-state index contributed by atoms with van der Waals surface area (Å²) in [7, 11) is 0. The van der Waals surface area contributed by atoms with Gasteiger partial charge in [-0.1, -0.05) is 50.3 Å². The molecule has 0 radical (unpaired) electrons. The van der Waals surface area contributed by atoms with Gasteiger partial charge in [0.25, 0.3) is 0 Å². The molecular formula is C20H27N3S. The number of hydrogen-bond donors (Lipinski definition) is 2. The van der Waals surface area contributed by atoms with Gasteiger partial charge < -0.3 is 5.32 Å². The number of fused-ring (bicyclic) bond motifs is 2. The maximum absolute atomic E-state index is 5.46. The molecule has 2 aliphatic carbocycles. The van der Waals surface area contributed by atoms with Crippen molar-refractivity contribution in [1.82, 2.24) is 10.7 Å². The first-order valence-corrected chi connectivity index (χ1v) is 9.17. The van der Waals surface area contributed by atoms with E-state index in [-0.39, 0.29) is 11.0 Å². The number of allylic oxidation sites excluding steroid dienone is 1. The third-order valence-corrected chi connectivity index (χ3v) is 6.59. The van der Waals surface area contributed by atoms with E-state index in [9.17, 15) is 0 Å². The fraction of sp³-hybridized carbons (Fsp3) is 0.500. The lowest BCUT2D eigenvalue weighted by molar-refractivity contribution is 0.0833. The minimum absolute atomic E-state index is 0.0510. The van der Waals surface area contributed by atoms with Crippen molar-refractivity contribution in [3.63, 3.8) is 0 Å². The molecule has 0 aromatic heterocycles. The zero-order chi connectivity index (χ0) is 17.2. The van der Waals surface area contributed by atoms with Gasteiger partial charge in [-0.05, 0) is 67.3 Å². The molecule has 3 atom stereocenters. The van der Waals surface area contributed by atoms with E-state index in [2.05, 4.69) is 48.7 Å². The monoisotopic (exact) mass is 341 g/mol. The van der Waals surface area contributed by atoms with Gasteiger partial charge in [0.15, 0.2) is 5.11 Å². The molecule has 24 heavy (non-hydrogen) atoms. The molecule has 2 fully saturated rings. The molecule has 2 aliphatic rings. The molecule has 0 aliphatic heterocycles. The number of benzene rings is 1. The van der Waals surface area contributed by atoms with Gasteiger partial charge in [0.05, 0.1) is 0 Å². The van der Waals surface area contributed by atoms with E-state index >= 15 is 0 Å². The highest BCUT2D eigenvalue weighted by Gasteiger charge is 2.60. The van der Waals surface area contributed by atoms with Gasteiger partial charge >= 0.3 is 0 Å². The lowest BCUT2D eigenvalue weighted by Gasteiger charge is -2.48. The Balaban J connectivity index is 1.53. The topological polar surface area (TPSA) is 36.4 Å². The fourth-order valence-electron chi connectivity index (χ4n) is 4.50. The number of nitrogens with one attached hydrogen (secondary N) is 2. The van der Waals surface area contributed by atoms with Gasteiger partial charge in [0, 0.05) is 11.8 Å². The minimum Gasteiger partial charge on any atom is -0.355 e. The summed E-state index contributed by atoms with van der Waals surface area (Å²) in [6.45, 7) is 7.07. The highest BCUT2D eigenvalue weighted by molar-refractivity contribution is 7.80. The van der Waals surface area contributed by atoms with Crippen LogP contribution in [0.25, 0.3) is 6.08 Å². The van der Waals surface area contributed by atoms with Gasteiger partial charge in [-0.25, -0.2) is 0 Å². The Bertz CT molecular complexity index is 650. The van der Waals surface area contributed by atoms with E-state index in [0.717, 1.165) is 11.5 Å². The largest absolute Gasteiger partial charge is 0.355 e. The SMILES string of the molecule is CC1(C)[C@H]2CC[C@H](C2)[C@@]1(C)NC(=S)N/N=C\C=C\c1ccccc1. The lowest BCUT2D eigenvalue weighted by atomic mass is 9.64. The van der Waals surface area contributed by atoms with Crippen LogP contribution in [0, 0.1) is 17.3 Å². The molecule has 2 N–H and O–H groups in total. The summed E-state index contributed by atoms with van der Waals surface area (Å²) in [5.74, 6) is 1.51. The second kappa shape index (κ2) is 6.67. The van der Waals surface area contributed by atoms with Crippen LogP contribution in [0.2, 0.25) is 0 Å². The smallest absolute Gasteiger partial charge is 0.187 e. The summed E-state index contributed by atoms with van der Waals surface area (Å²) in [5.41, 5.74) is 4.42. The summed E-state index contributed by atoms with van der Waals surface area (Å²) in [6.07, 6.45) is 9.65. The van der Waals surface area contributed by atoms with Crippen LogP contribution in [0.15, 0.2) is 41.5 Å². The first kappa shape index (κ1) is 17.2. The highest BCUT2D eigenvalue weighted by Crippen LogP contribution is 2.61. The maximum Gasteiger partial charge on any atom is 0.187 e. The Kier molecular flexibility index (Phi) is 4.77. The molecular weight excluding hydrogens is 314 g/mol. The summed E-state index contributed by atoms with van der Waals surface area (Å²) in [4.78, 5) is 0. The number of hydrazone groups is 1. The molecule has 2 bridgehead atoms. The Morgan fingerprint density at radius 3 is 2.54 bits per heavy atom. The number of rotatable bonds is 4. The predicted molar refractivity (Wildman–Crippen MR) is 106 cm³/mol. The van der Waals surface area contributed by atoms with Crippen LogP contribution < -0.4 is 10.7 Å². The Morgan fingerprint density at radius 1 is 1.17 bits per heavy atom. The molecule has 0 amide bonds. The van der Waals surface area contributed by atoms with Crippen molar-refractivity contribution in [2.45, 2.75) is 45.6 Å². The molecule has 4 heteroatoms. The lowest BCUT2D eigenvalue weighted by Crippen LogP contribution is -2.60. The maximum atomic E-state index is 5.46. The van der Waals surface area contributed by atoms with Crippen LogP contribution in [-0.4, -0.2) is 16.9 Å². The van der Waals surface area contributed by atoms with Crippen molar-refractivity contribution in [2.24, 2.45) is 22.4 Å². The number of hydrogen-bond acceptors (Lipinski definition) is 2. The van der Waals surface area contributed by atoms with Crippen molar-refractivity contribution in [2.75, 3.05) is 0 Å². The molecule has 128 valence electrons. The van der Waals surface area contributed by atoms with E-state index in [1.165, 1.54) is 19.3 Å². The van der Waals surface area contributed by atoms with Crippen LogP contribution in [0.5, 0.6) is 0 Å².